The highest BCUT2D eigenvalue weighted by Gasteiger charge is 1.58. The normalized spacial score (nSPS) is 9.00. The van der Waals surface area contributed by atoms with Crippen molar-refractivity contribution >= 4 is 0 Å². The number of hydrogen-bond acceptors (Lipinski definition) is 1. The maximum absolute atomic E-state index is 2.00. The Kier molecular flexibility index (Phi) is 1.28. The third kappa shape index (κ3) is 1130. The van der Waals surface area contributed by atoms with Gasteiger partial charge in [0.2, 0.25) is 0 Å². The van der Waals surface area contributed by atoms with Crippen LogP contribution in [0.5, 0.6) is 0 Å². The average molecular weight is 60.1 g/mol. The molecule has 0 atom stereocenters. The molecule has 0 aliphatic heterocycles. The van der Waals surface area contributed by atoms with Gasteiger partial charge in [-0.3, -0.25) is 0 Å². The lowest BCUT2D eigenvalue weighted by atomic mass is 11.0. The first-order chi connectivity index (χ1) is 1.73. The van der Waals surface area contributed by atoms with Crippen LogP contribution in [0.4, 0.5) is 0 Å². The topological polar surface area (TPSA) is 3.24 Å². The lowest BCUT2D eigenvalue weighted by molar-refractivity contribution is 0.505. The van der Waals surface area contributed by atoms with Gasteiger partial charge in [0.1, 0.15) is 0 Å². The Morgan fingerprint density at radius 3 is 1.25 bits per heavy atom. The first-order valence-electron chi connectivity index (χ1n) is 1.34. The van der Waals surface area contributed by atoms with Crippen molar-refractivity contribution in [2.75, 3.05) is 21.1 Å². The van der Waals surface area contributed by atoms with Crippen LogP contribution < -0.4 is 0 Å². The van der Waals surface area contributed by atoms with Crippen molar-refractivity contribution in [3.8, 4) is 0 Å². The summed E-state index contributed by atoms with van der Waals surface area (Å²) in [5.41, 5.74) is 0. The highest BCUT2D eigenvalue weighted by atomic mass is 15.0. The smallest absolute Gasteiger partial charge is 0 e. The van der Waals surface area contributed by atoms with E-state index in [1.54, 1.807) is 0 Å². The Bertz CT molecular complexity index is 11.6. The van der Waals surface area contributed by atoms with E-state index in [2.05, 4.69) is 0 Å². The summed E-state index contributed by atoms with van der Waals surface area (Å²) in [4.78, 5) is 2.00. The number of hydrogen-bond donors (Lipinski definition) is 0. The SMILES string of the molecule is CN(C)C.[H]. The number of rotatable bonds is 0. The molecule has 0 aromatic rings. The van der Waals surface area contributed by atoms with Crippen molar-refractivity contribution in [3.05, 3.63) is 0 Å². The van der Waals surface area contributed by atoms with Crippen molar-refractivity contribution < 1.29 is 1.43 Å². The summed E-state index contributed by atoms with van der Waals surface area (Å²) in [5, 5.41) is 0. The van der Waals surface area contributed by atoms with Crippen LogP contribution in [0.1, 0.15) is 1.43 Å². The highest BCUT2D eigenvalue weighted by molar-refractivity contribution is 4.09. The van der Waals surface area contributed by atoms with Crippen LogP contribution in [0.25, 0.3) is 0 Å². The van der Waals surface area contributed by atoms with Gasteiger partial charge in [-0.2, -0.15) is 0 Å². The zero-order valence-electron chi connectivity index (χ0n) is 4.45. The summed E-state index contributed by atoms with van der Waals surface area (Å²) in [6.45, 7) is 0. The minimum atomic E-state index is 0. The monoisotopic (exact) mass is 60.1 g/mol. The molecule has 0 bridgehead atoms. The van der Waals surface area contributed by atoms with E-state index in [1.807, 2.05) is 26.0 Å². The first-order valence-corrected chi connectivity index (χ1v) is 1.34. The van der Waals surface area contributed by atoms with E-state index in [0.717, 1.165) is 0 Å². The zero-order chi connectivity index (χ0) is 3.58. The Morgan fingerprint density at radius 1 is 1.25 bits per heavy atom. The Balaban J connectivity index is 0. The van der Waals surface area contributed by atoms with Gasteiger partial charge in [0, 0.05) is 1.43 Å². The maximum Gasteiger partial charge on any atom is 0 e. The second kappa shape index (κ2) is 1.30. The predicted molar refractivity (Wildman–Crippen MR) is 20.7 cm³/mol. The van der Waals surface area contributed by atoms with Gasteiger partial charge < -0.3 is 4.90 Å². The van der Waals surface area contributed by atoms with Crippen LogP contribution in [0, 0.1) is 0 Å². The van der Waals surface area contributed by atoms with Gasteiger partial charge >= 0.3 is 0 Å². The van der Waals surface area contributed by atoms with Crippen molar-refractivity contribution in [2.24, 2.45) is 0 Å². The minimum absolute atomic E-state index is 0. The molecule has 0 amide bonds. The molecule has 1 heteroatoms. The molecule has 0 aliphatic rings. The van der Waals surface area contributed by atoms with Gasteiger partial charge in [0.05, 0.1) is 0 Å². The van der Waals surface area contributed by atoms with E-state index in [4.69, 9.17) is 0 Å². The van der Waals surface area contributed by atoms with E-state index in [-0.39, 0.29) is 1.43 Å². The van der Waals surface area contributed by atoms with Gasteiger partial charge in [-0.15, -0.1) is 0 Å². The summed E-state index contributed by atoms with van der Waals surface area (Å²) >= 11 is 0. The molecule has 0 N–H and O–H groups in total. The second-order valence-corrected chi connectivity index (χ2v) is 1.34. The Labute approximate surface area is 28.7 Å². The fraction of sp³-hybridized carbons (Fsp3) is 1.00. The number of nitrogens with zero attached hydrogens (tertiary/aromatic N) is 1. The highest BCUT2D eigenvalue weighted by Crippen LogP contribution is 1.47. The minimum Gasteiger partial charge on any atom is -0.312 e. The summed E-state index contributed by atoms with van der Waals surface area (Å²) in [6, 6.07) is 0. The van der Waals surface area contributed by atoms with Crippen molar-refractivity contribution in [3.63, 3.8) is 0 Å². The quantitative estimate of drug-likeness (QED) is 0.388. The molecular weight excluding hydrogens is 50.0 g/mol. The van der Waals surface area contributed by atoms with Crippen LogP contribution in [-0.4, -0.2) is 26.0 Å². The van der Waals surface area contributed by atoms with Crippen molar-refractivity contribution in [1.29, 1.82) is 0 Å². The van der Waals surface area contributed by atoms with Crippen LogP contribution in [-0.2, 0) is 0 Å². The van der Waals surface area contributed by atoms with Gasteiger partial charge in [-0.25, -0.2) is 0 Å². The van der Waals surface area contributed by atoms with Gasteiger partial charge in [0.15, 0.2) is 0 Å². The molecule has 1 nitrogen and oxygen atoms in total. The molecule has 4 heavy (non-hydrogen) atoms. The molecule has 0 spiro atoms. The molecule has 0 aliphatic carbocycles. The van der Waals surface area contributed by atoms with Crippen LogP contribution in [0.3, 0.4) is 0 Å². The second-order valence-electron chi connectivity index (χ2n) is 1.34. The molecule has 27 valence electrons. The summed E-state index contributed by atoms with van der Waals surface area (Å²) in [5.74, 6) is 0. The molecule has 1 radical (unpaired) electrons. The standard InChI is InChI=1S/C3H9N.H/c1-4(2)3;/h1-3H3;. The van der Waals surface area contributed by atoms with Gasteiger partial charge in [0.25, 0.3) is 0 Å². The largest absolute Gasteiger partial charge is 0.312 e. The Morgan fingerprint density at radius 2 is 1.25 bits per heavy atom. The predicted octanol–water partition coefficient (Wildman–Crippen LogP) is 0.290. The average Bonchev–Trinajstić information content (AvgIpc) is 0.811. The molecule has 0 saturated carbocycles. The van der Waals surface area contributed by atoms with E-state index in [0.29, 0.717) is 0 Å². The molecule has 0 aromatic heterocycles. The molecule has 0 rings (SSSR count). The van der Waals surface area contributed by atoms with E-state index >= 15 is 0 Å². The fourth-order valence-corrected chi connectivity index (χ4v) is 0. The van der Waals surface area contributed by atoms with Gasteiger partial charge in [-0.05, 0) is 21.1 Å². The molecule has 0 fully saturated rings. The van der Waals surface area contributed by atoms with Crippen molar-refractivity contribution in [1.82, 2.24) is 4.90 Å². The lowest BCUT2D eigenvalue weighted by Gasteiger charge is -1.90. The van der Waals surface area contributed by atoms with Gasteiger partial charge in [-0.1, -0.05) is 0 Å². The molecular formula is C3H10N. The zero-order valence-corrected chi connectivity index (χ0v) is 3.45. The molecule has 0 heterocycles. The van der Waals surface area contributed by atoms with Crippen LogP contribution >= 0.6 is 0 Å². The lowest BCUT2D eigenvalue weighted by Crippen LogP contribution is -1.99. The summed E-state index contributed by atoms with van der Waals surface area (Å²) in [6.07, 6.45) is 0. The molecule has 0 aromatic carbocycles. The fourth-order valence-electron chi connectivity index (χ4n) is 0. The molecule has 0 saturated heterocycles. The van der Waals surface area contributed by atoms with Crippen LogP contribution in [0.15, 0.2) is 0 Å². The van der Waals surface area contributed by atoms with Crippen LogP contribution in [0.2, 0.25) is 0 Å². The first kappa shape index (κ1) is 3.96. The Hall–Kier alpha value is -0.0400. The maximum atomic E-state index is 2.00. The summed E-state index contributed by atoms with van der Waals surface area (Å²) in [7, 11) is 6.00. The third-order valence-electron chi connectivity index (χ3n) is 0. The van der Waals surface area contributed by atoms with E-state index in [9.17, 15) is 0 Å². The molecule has 0 unspecified atom stereocenters. The van der Waals surface area contributed by atoms with Crippen molar-refractivity contribution in [2.45, 2.75) is 0 Å². The third-order valence-corrected chi connectivity index (χ3v) is 0. The van der Waals surface area contributed by atoms with E-state index in [1.165, 1.54) is 0 Å². The van der Waals surface area contributed by atoms with E-state index < -0.39 is 0 Å². The summed E-state index contributed by atoms with van der Waals surface area (Å²) < 4.78 is 0.